The van der Waals surface area contributed by atoms with E-state index in [2.05, 4.69) is 15.6 Å². The quantitative estimate of drug-likeness (QED) is 0.376. The highest BCUT2D eigenvalue weighted by Crippen LogP contribution is 2.28. The van der Waals surface area contributed by atoms with E-state index in [0.717, 1.165) is 11.1 Å². The number of aryl methyl sites for hydroxylation is 1. The minimum atomic E-state index is -3.24. The van der Waals surface area contributed by atoms with E-state index in [0.29, 0.717) is 47.6 Å². The molecular formula is C22H31N3O5S. The predicted octanol–water partition coefficient (Wildman–Crippen LogP) is 2.03. The molecule has 0 aromatic heterocycles. The van der Waals surface area contributed by atoms with Crippen LogP contribution in [0.15, 0.2) is 46.3 Å². The van der Waals surface area contributed by atoms with Gasteiger partial charge in [0.25, 0.3) is 0 Å². The molecule has 9 heteroatoms. The van der Waals surface area contributed by atoms with Crippen molar-refractivity contribution in [1.29, 1.82) is 0 Å². The molecule has 2 rings (SSSR count). The van der Waals surface area contributed by atoms with Crippen LogP contribution in [0.2, 0.25) is 0 Å². The molecule has 0 aliphatic carbocycles. The van der Waals surface area contributed by atoms with Gasteiger partial charge in [-0.15, -0.1) is 0 Å². The highest BCUT2D eigenvalue weighted by Gasteiger charge is 2.11. The van der Waals surface area contributed by atoms with Gasteiger partial charge in [-0.1, -0.05) is 18.2 Å². The van der Waals surface area contributed by atoms with Crippen molar-refractivity contribution in [1.82, 2.24) is 10.6 Å². The maximum Gasteiger partial charge on any atom is 0.191 e. The number of guanidine groups is 1. The lowest BCUT2D eigenvalue weighted by Crippen LogP contribution is -2.36. The summed E-state index contributed by atoms with van der Waals surface area (Å²) in [5.74, 6) is 1.82. The summed E-state index contributed by atoms with van der Waals surface area (Å²) in [6.07, 6.45) is 1.21. The van der Waals surface area contributed by atoms with Gasteiger partial charge in [-0.3, -0.25) is 0 Å². The van der Waals surface area contributed by atoms with Crippen molar-refractivity contribution >= 4 is 15.8 Å². The number of benzene rings is 2. The molecular weight excluding hydrogens is 418 g/mol. The predicted molar refractivity (Wildman–Crippen MR) is 122 cm³/mol. The van der Waals surface area contributed by atoms with E-state index in [9.17, 15) is 8.42 Å². The lowest BCUT2D eigenvalue weighted by Gasteiger charge is -2.14. The van der Waals surface area contributed by atoms with Crippen LogP contribution in [0.25, 0.3) is 0 Å². The first-order chi connectivity index (χ1) is 14.8. The summed E-state index contributed by atoms with van der Waals surface area (Å²) in [4.78, 5) is 4.93. The van der Waals surface area contributed by atoms with E-state index in [1.807, 2.05) is 31.2 Å². The second-order valence-electron chi connectivity index (χ2n) is 6.98. The van der Waals surface area contributed by atoms with Gasteiger partial charge >= 0.3 is 0 Å². The number of sulfone groups is 1. The molecule has 0 saturated carbocycles. The zero-order chi connectivity index (χ0) is 22.9. The van der Waals surface area contributed by atoms with Gasteiger partial charge in [0, 0.05) is 19.3 Å². The minimum Gasteiger partial charge on any atom is -0.493 e. The molecule has 0 unspecified atom stereocenters. The number of aliphatic hydroxyl groups is 1. The first kappa shape index (κ1) is 24.5. The van der Waals surface area contributed by atoms with Crippen LogP contribution in [-0.4, -0.2) is 52.6 Å². The highest BCUT2D eigenvalue weighted by molar-refractivity contribution is 7.90. The molecule has 8 nitrogen and oxygen atoms in total. The Morgan fingerprint density at radius 1 is 1.10 bits per heavy atom. The Balaban J connectivity index is 2.07. The fourth-order valence-corrected chi connectivity index (χ4v) is 3.98. The normalized spacial score (nSPS) is 11.8. The second-order valence-corrected chi connectivity index (χ2v) is 8.96. The van der Waals surface area contributed by atoms with Crippen LogP contribution >= 0.6 is 0 Å². The van der Waals surface area contributed by atoms with Gasteiger partial charge in [0.1, 0.15) is 6.61 Å². The summed E-state index contributed by atoms with van der Waals surface area (Å²) in [6.45, 7) is 5.55. The summed E-state index contributed by atoms with van der Waals surface area (Å²) >= 11 is 0. The molecule has 0 radical (unpaired) electrons. The van der Waals surface area contributed by atoms with Gasteiger partial charge < -0.3 is 25.2 Å². The Labute approximate surface area is 184 Å². The number of hydrogen-bond donors (Lipinski definition) is 3. The van der Waals surface area contributed by atoms with E-state index in [1.165, 1.54) is 6.26 Å². The number of methoxy groups -OCH3 is 1. The third kappa shape index (κ3) is 7.45. The molecule has 170 valence electrons. The molecule has 2 aromatic carbocycles. The third-order valence-electron chi connectivity index (χ3n) is 4.44. The molecule has 0 fully saturated rings. The molecule has 0 spiro atoms. The van der Waals surface area contributed by atoms with Gasteiger partial charge in [0.05, 0.1) is 25.2 Å². The van der Waals surface area contributed by atoms with Crippen molar-refractivity contribution in [3.8, 4) is 11.5 Å². The number of aliphatic imine (C=N–C) groups is 1. The zero-order valence-electron chi connectivity index (χ0n) is 18.4. The Hall–Kier alpha value is -2.78. The zero-order valence-corrected chi connectivity index (χ0v) is 19.3. The van der Waals surface area contributed by atoms with Gasteiger partial charge in [-0.2, -0.15) is 0 Å². The number of hydrogen-bond acceptors (Lipinski definition) is 6. The molecule has 0 atom stereocenters. The van der Waals surface area contributed by atoms with E-state index in [-0.39, 0.29) is 13.2 Å². The largest absolute Gasteiger partial charge is 0.493 e. The molecule has 0 saturated heterocycles. The first-order valence-electron chi connectivity index (χ1n) is 10.0. The maximum absolute atomic E-state index is 11.8. The Bertz CT molecular complexity index is 1010. The smallest absolute Gasteiger partial charge is 0.191 e. The van der Waals surface area contributed by atoms with Crippen molar-refractivity contribution in [3.63, 3.8) is 0 Å². The Morgan fingerprint density at radius 2 is 1.84 bits per heavy atom. The molecule has 0 amide bonds. The average molecular weight is 450 g/mol. The van der Waals surface area contributed by atoms with Crippen LogP contribution in [-0.2, 0) is 22.9 Å². The van der Waals surface area contributed by atoms with Crippen molar-refractivity contribution in [3.05, 3.63) is 53.1 Å². The maximum atomic E-state index is 11.8. The highest BCUT2D eigenvalue weighted by atomic mass is 32.2. The van der Waals surface area contributed by atoms with Crippen molar-refractivity contribution < 1.29 is 23.0 Å². The molecule has 2 aromatic rings. The van der Waals surface area contributed by atoms with Crippen LogP contribution in [0.3, 0.4) is 0 Å². The van der Waals surface area contributed by atoms with Crippen LogP contribution < -0.4 is 20.1 Å². The van der Waals surface area contributed by atoms with Gasteiger partial charge in [-0.05, 0) is 48.7 Å². The van der Waals surface area contributed by atoms with Gasteiger partial charge in [0.2, 0.25) is 0 Å². The fourth-order valence-electron chi connectivity index (χ4n) is 3.02. The topological polar surface area (TPSA) is 109 Å². The van der Waals surface area contributed by atoms with E-state index >= 15 is 0 Å². The summed E-state index contributed by atoms with van der Waals surface area (Å²) in [5.41, 5.74) is 2.62. The Morgan fingerprint density at radius 3 is 2.45 bits per heavy atom. The van der Waals surface area contributed by atoms with Crippen LogP contribution in [0.5, 0.6) is 11.5 Å². The minimum absolute atomic E-state index is 0.0640. The first-order valence-corrected chi connectivity index (χ1v) is 11.9. The van der Waals surface area contributed by atoms with Crippen LogP contribution in [0.4, 0.5) is 0 Å². The fraction of sp³-hybridized carbons (Fsp3) is 0.409. The van der Waals surface area contributed by atoms with E-state index in [1.54, 1.807) is 26.2 Å². The Kier molecular flexibility index (Phi) is 9.14. The van der Waals surface area contributed by atoms with Crippen molar-refractivity contribution in [2.75, 3.05) is 33.1 Å². The van der Waals surface area contributed by atoms with Crippen molar-refractivity contribution in [2.45, 2.75) is 31.8 Å². The summed E-state index contributed by atoms with van der Waals surface area (Å²) in [5, 5.41) is 15.4. The van der Waals surface area contributed by atoms with E-state index in [4.69, 9.17) is 14.6 Å². The number of nitrogens with zero attached hydrogens (tertiary/aromatic N) is 1. The number of aliphatic hydroxyl groups excluding tert-OH is 1. The second kappa shape index (κ2) is 11.6. The molecule has 31 heavy (non-hydrogen) atoms. The van der Waals surface area contributed by atoms with Gasteiger partial charge in [-0.25, -0.2) is 13.4 Å². The lowest BCUT2D eigenvalue weighted by molar-refractivity contribution is 0.196. The third-order valence-corrected chi connectivity index (χ3v) is 5.70. The molecule has 3 N–H and O–H groups in total. The summed E-state index contributed by atoms with van der Waals surface area (Å²) in [6, 6.07) is 10.9. The molecule has 0 heterocycles. The summed E-state index contributed by atoms with van der Waals surface area (Å²) in [7, 11) is -1.67. The van der Waals surface area contributed by atoms with Crippen LogP contribution in [0.1, 0.15) is 23.6 Å². The van der Waals surface area contributed by atoms with Crippen LogP contribution in [0, 0.1) is 6.92 Å². The number of nitrogens with one attached hydrogen (secondary N) is 2. The molecule has 0 aliphatic heterocycles. The number of rotatable bonds is 10. The SMILES string of the molecule is CCNC(=NCc1ccc(S(C)(=O)=O)c(C)c1)NCc1ccc(OCCO)c(OC)c1. The number of ether oxygens (including phenoxy) is 2. The molecule has 0 bridgehead atoms. The summed E-state index contributed by atoms with van der Waals surface area (Å²) < 4.78 is 34.4. The average Bonchev–Trinajstić information content (AvgIpc) is 2.73. The monoisotopic (exact) mass is 449 g/mol. The van der Waals surface area contributed by atoms with Crippen molar-refractivity contribution in [2.24, 2.45) is 4.99 Å². The van der Waals surface area contributed by atoms with E-state index < -0.39 is 9.84 Å². The molecule has 0 aliphatic rings. The lowest BCUT2D eigenvalue weighted by atomic mass is 10.1. The standard InChI is InChI=1S/C22H31N3O5S/c1-5-23-22(24-14-17-7-9-21(16(2)12-17)31(4,27)28)25-15-18-6-8-19(30-11-10-26)20(13-18)29-3/h6-9,12-13,26H,5,10-11,14-15H2,1-4H3,(H2,23,24,25). The van der Waals surface area contributed by atoms with Gasteiger partial charge in [0.15, 0.2) is 27.3 Å².